The van der Waals surface area contributed by atoms with E-state index in [4.69, 9.17) is 4.74 Å². The molecule has 1 unspecified atom stereocenters. The fraction of sp³-hybridized carbons (Fsp3) is 1.00. The van der Waals surface area contributed by atoms with Crippen LogP contribution in [-0.4, -0.2) is 36.5 Å². The summed E-state index contributed by atoms with van der Waals surface area (Å²) in [6, 6.07) is 0.361. The van der Waals surface area contributed by atoms with Gasteiger partial charge in [0.15, 0.2) is 0 Å². The summed E-state index contributed by atoms with van der Waals surface area (Å²) in [5, 5.41) is 12.7. The van der Waals surface area contributed by atoms with E-state index >= 15 is 0 Å². The molecule has 3 heteroatoms. The largest absolute Gasteiger partial charge is 0.394 e. The van der Waals surface area contributed by atoms with Crippen LogP contribution in [0.1, 0.15) is 66.2 Å². The van der Waals surface area contributed by atoms with E-state index in [0.717, 1.165) is 13.0 Å². The van der Waals surface area contributed by atoms with Crippen LogP contribution < -0.4 is 5.32 Å². The van der Waals surface area contributed by atoms with Crippen molar-refractivity contribution < 1.29 is 9.84 Å². The lowest BCUT2D eigenvalue weighted by atomic mass is 10.0. The van der Waals surface area contributed by atoms with Gasteiger partial charge in [-0.2, -0.15) is 0 Å². The molecule has 0 rings (SSSR count). The van der Waals surface area contributed by atoms with Gasteiger partial charge in [-0.05, 0) is 13.3 Å². The predicted octanol–water partition coefficient (Wildman–Crippen LogP) is 3.11. The molecule has 2 N–H and O–H groups in total. The van der Waals surface area contributed by atoms with Crippen molar-refractivity contribution >= 4 is 0 Å². The van der Waals surface area contributed by atoms with Crippen molar-refractivity contribution in [3.8, 4) is 0 Å². The Balaban J connectivity index is 3.50. The lowest BCUT2D eigenvalue weighted by Crippen LogP contribution is -2.52. The molecule has 0 amide bonds. The maximum Gasteiger partial charge on any atom is 0.0668 e. The van der Waals surface area contributed by atoms with Crippen molar-refractivity contribution in [1.29, 1.82) is 0 Å². The van der Waals surface area contributed by atoms with Crippen molar-refractivity contribution in [2.45, 2.75) is 77.8 Å². The van der Waals surface area contributed by atoms with Crippen LogP contribution >= 0.6 is 0 Å². The van der Waals surface area contributed by atoms with Gasteiger partial charge in [-0.15, -0.1) is 0 Å². The van der Waals surface area contributed by atoms with E-state index in [-0.39, 0.29) is 12.1 Å². The number of aliphatic hydroxyl groups is 1. The molecule has 0 radical (unpaired) electrons. The zero-order valence-electron chi connectivity index (χ0n) is 12.8. The number of aliphatic hydroxyl groups excluding tert-OH is 1. The molecule has 0 bridgehead atoms. The molecule has 18 heavy (non-hydrogen) atoms. The normalized spacial score (nSPS) is 15.0. The SMILES string of the molecule is CCCCCCCCOCC(C)(CO)NC(C)C. The van der Waals surface area contributed by atoms with Gasteiger partial charge >= 0.3 is 0 Å². The Morgan fingerprint density at radius 3 is 2.28 bits per heavy atom. The average molecular weight is 259 g/mol. The van der Waals surface area contributed by atoms with Crippen molar-refractivity contribution in [1.82, 2.24) is 5.32 Å². The molecule has 0 aromatic carbocycles. The van der Waals surface area contributed by atoms with Crippen molar-refractivity contribution in [2.75, 3.05) is 19.8 Å². The second-order valence-corrected chi connectivity index (χ2v) is 5.84. The van der Waals surface area contributed by atoms with Crippen molar-refractivity contribution in [3.63, 3.8) is 0 Å². The smallest absolute Gasteiger partial charge is 0.0668 e. The van der Waals surface area contributed by atoms with Crippen LogP contribution in [-0.2, 0) is 4.74 Å². The summed E-state index contributed by atoms with van der Waals surface area (Å²) >= 11 is 0. The van der Waals surface area contributed by atoms with E-state index in [9.17, 15) is 5.11 Å². The van der Waals surface area contributed by atoms with E-state index in [1.165, 1.54) is 32.1 Å². The highest BCUT2D eigenvalue weighted by Crippen LogP contribution is 2.08. The molecular formula is C15H33NO2. The molecule has 0 heterocycles. The molecular weight excluding hydrogens is 226 g/mol. The van der Waals surface area contributed by atoms with Crippen LogP contribution in [0.3, 0.4) is 0 Å². The van der Waals surface area contributed by atoms with Gasteiger partial charge in [-0.1, -0.05) is 52.9 Å². The summed E-state index contributed by atoms with van der Waals surface area (Å²) in [5.74, 6) is 0. The number of hydrogen-bond acceptors (Lipinski definition) is 3. The highest BCUT2D eigenvalue weighted by Gasteiger charge is 2.23. The minimum absolute atomic E-state index is 0.113. The highest BCUT2D eigenvalue weighted by atomic mass is 16.5. The average Bonchev–Trinajstić information content (AvgIpc) is 2.32. The third-order valence-corrected chi connectivity index (χ3v) is 3.05. The maximum absolute atomic E-state index is 9.39. The van der Waals surface area contributed by atoms with Crippen LogP contribution in [0.2, 0.25) is 0 Å². The maximum atomic E-state index is 9.39. The van der Waals surface area contributed by atoms with Crippen LogP contribution in [0.5, 0.6) is 0 Å². The standard InChI is InChI=1S/C15H33NO2/c1-5-6-7-8-9-10-11-18-13-15(4,12-17)16-14(2)3/h14,16-17H,5-13H2,1-4H3. The van der Waals surface area contributed by atoms with Crippen LogP contribution in [0, 0.1) is 0 Å². The molecule has 1 atom stereocenters. The number of nitrogens with one attached hydrogen (secondary N) is 1. The third-order valence-electron chi connectivity index (χ3n) is 3.05. The van der Waals surface area contributed by atoms with Gasteiger partial charge in [-0.3, -0.25) is 0 Å². The van der Waals surface area contributed by atoms with Gasteiger partial charge in [-0.25, -0.2) is 0 Å². The molecule has 0 saturated heterocycles. The van der Waals surface area contributed by atoms with Crippen molar-refractivity contribution in [2.24, 2.45) is 0 Å². The summed E-state index contributed by atoms with van der Waals surface area (Å²) in [4.78, 5) is 0. The fourth-order valence-corrected chi connectivity index (χ4v) is 2.11. The minimum atomic E-state index is -0.309. The van der Waals surface area contributed by atoms with E-state index in [1.54, 1.807) is 0 Å². The Kier molecular flexibility index (Phi) is 10.7. The molecule has 0 aliphatic heterocycles. The van der Waals surface area contributed by atoms with Gasteiger partial charge in [0.2, 0.25) is 0 Å². The third kappa shape index (κ3) is 9.86. The lowest BCUT2D eigenvalue weighted by molar-refractivity contribution is 0.0387. The van der Waals surface area contributed by atoms with Crippen molar-refractivity contribution in [3.05, 3.63) is 0 Å². The molecule has 110 valence electrons. The summed E-state index contributed by atoms with van der Waals surface area (Å²) in [6.07, 6.45) is 7.70. The molecule has 0 saturated carbocycles. The van der Waals surface area contributed by atoms with E-state index in [1.807, 2.05) is 6.92 Å². The zero-order valence-corrected chi connectivity index (χ0v) is 12.8. The van der Waals surface area contributed by atoms with Gasteiger partial charge < -0.3 is 15.2 Å². The second-order valence-electron chi connectivity index (χ2n) is 5.84. The van der Waals surface area contributed by atoms with Crippen LogP contribution in [0.4, 0.5) is 0 Å². The number of hydrogen-bond donors (Lipinski definition) is 2. The Labute approximate surface area is 113 Å². The molecule has 0 fully saturated rings. The molecule has 0 spiro atoms. The zero-order chi connectivity index (χ0) is 13.9. The highest BCUT2D eigenvalue weighted by molar-refractivity contribution is 4.83. The summed E-state index contributed by atoms with van der Waals surface area (Å²) in [7, 11) is 0. The first-order valence-corrected chi connectivity index (χ1v) is 7.50. The number of ether oxygens (including phenoxy) is 1. The first-order valence-electron chi connectivity index (χ1n) is 7.50. The Hall–Kier alpha value is -0.120. The first kappa shape index (κ1) is 17.9. The van der Waals surface area contributed by atoms with Crippen LogP contribution in [0.15, 0.2) is 0 Å². The Morgan fingerprint density at radius 1 is 1.11 bits per heavy atom. The monoisotopic (exact) mass is 259 g/mol. The van der Waals surface area contributed by atoms with Crippen LogP contribution in [0.25, 0.3) is 0 Å². The quantitative estimate of drug-likeness (QED) is 0.529. The molecule has 0 aliphatic carbocycles. The van der Waals surface area contributed by atoms with E-state index in [2.05, 4.69) is 26.1 Å². The lowest BCUT2D eigenvalue weighted by Gasteiger charge is -2.30. The van der Waals surface area contributed by atoms with Gasteiger partial charge in [0.05, 0.1) is 18.8 Å². The molecule has 0 aromatic rings. The van der Waals surface area contributed by atoms with Gasteiger partial charge in [0, 0.05) is 12.6 Å². The van der Waals surface area contributed by atoms with E-state index < -0.39 is 0 Å². The second kappa shape index (κ2) is 10.8. The summed E-state index contributed by atoms with van der Waals surface area (Å²) < 4.78 is 5.67. The Bertz CT molecular complexity index is 185. The summed E-state index contributed by atoms with van der Waals surface area (Å²) in [6.45, 7) is 9.91. The number of unbranched alkanes of at least 4 members (excludes halogenated alkanes) is 5. The minimum Gasteiger partial charge on any atom is -0.394 e. The van der Waals surface area contributed by atoms with E-state index in [0.29, 0.717) is 12.6 Å². The number of rotatable bonds is 12. The predicted molar refractivity (Wildman–Crippen MR) is 78.0 cm³/mol. The molecule has 3 nitrogen and oxygen atoms in total. The topological polar surface area (TPSA) is 41.5 Å². The molecule has 0 aliphatic rings. The van der Waals surface area contributed by atoms with Gasteiger partial charge in [0.1, 0.15) is 0 Å². The Morgan fingerprint density at radius 2 is 1.72 bits per heavy atom. The molecule has 0 aromatic heterocycles. The van der Waals surface area contributed by atoms with Gasteiger partial charge in [0.25, 0.3) is 0 Å². The fourth-order valence-electron chi connectivity index (χ4n) is 2.11. The first-order chi connectivity index (χ1) is 8.54. The summed E-state index contributed by atoms with van der Waals surface area (Å²) in [5.41, 5.74) is -0.309.